The summed E-state index contributed by atoms with van der Waals surface area (Å²) in [6.07, 6.45) is 0. The Kier molecular flexibility index (Phi) is 1.93. The van der Waals surface area contributed by atoms with Crippen molar-refractivity contribution in [3.8, 4) is 0 Å². The number of rotatable bonds is 1. The van der Waals surface area contributed by atoms with Gasteiger partial charge in [0.1, 0.15) is 17.0 Å². The van der Waals surface area contributed by atoms with Crippen molar-refractivity contribution in [2.75, 3.05) is 5.73 Å². The van der Waals surface area contributed by atoms with E-state index in [1.165, 1.54) is 12.1 Å². The second-order valence-corrected chi connectivity index (χ2v) is 2.86. The molecule has 2 rings (SSSR count). The molecule has 2 aromatic rings. The summed E-state index contributed by atoms with van der Waals surface area (Å²) in [5.41, 5.74) is 5.62. The first-order valence-electron chi connectivity index (χ1n) is 3.95. The summed E-state index contributed by atoms with van der Waals surface area (Å²) in [5.74, 6) is -1.09. The molecule has 0 amide bonds. The van der Waals surface area contributed by atoms with Crippen molar-refractivity contribution < 1.29 is 9.31 Å². The molecule has 0 saturated heterocycles. The number of aromatic nitrogens is 2. The highest BCUT2D eigenvalue weighted by Gasteiger charge is 2.17. The van der Waals surface area contributed by atoms with Crippen LogP contribution in [0, 0.1) is 15.9 Å². The third kappa shape index (κ3) is 1.43. The number of hydrogen-bond donors (Lipinski definition) is 1. The van der Waals surface area contributed by atoms with Gasteiger partial charge in [0.25, 0.3) is 0 Å². The lowest BCUT2D eigenvalue weighted by molar-refractivity contribution is -0.389. The summed E-state index contributed by atoms with van der Waals surface area (Å²) in [6, 6.07) is 3.63. The number of nitrogen functional groups attached to an aromatic ring is 1. The molecule has 7 heteroatoms. The van der Waals surface area contributed by atoms with Crippen LogP contribution in [0.4, 0.5) is 15.9 Å². The quantitative estimate of drug-likeness (QED) is 0.562. The summed E-state index contributed by atoms with van der Waals surface area (Å²) >= 11 is 0. The Morgan fingerprint density at radius 3 is 2.80 bits per heavy atom. The minimum atomic E-state index is -0.757. The first-order valence-corrected chi connectivity index (χ1v) is 3.95. The normalized spacial score (nSPS) is 10.5. The molecule has 76 valence electrons. The van der Waals surface area contributed by atoms with Crippen LogP contribution in [-0.4, -0.2) is 15.1 Å². The maximum atomic E-state index is 12.9. The van der Waals surface area contributed by atoms with E-state index in [0.29, 0.717) is 5.52 Å². The van der Waals surface area contributed by atoms with E-state index in [2.05, 4.69) is 10.2 Å². The maximum absolute atomic E-state index is 12.9. The van der Waals surface area contributed by atoms with E-state index in [0.717, 1.165) is 6.07 Å². The van der Waals surface area contributed by atoms with Crippen LogP contribution in [0.3, 0.4) is 0 Å². The van der Waals surface area contributed by atoms with E-state index in [1.807, 2.05) is 0 Å². The first-order chi connectivity index (χ1) is 7.09. The van der Waals surface area contributed by atoms with E-state index < -0.39 is 16.6 Å². The van der Waals surface area contributed by atoms with Crippen LogP contribution < -0.4 is 5.73 Å². The zero-order chi connectivity index (χ0) is 11.0. The Labute approximate surface area is 82.7 Å². The van der Waals surface area contributed by atoms with Gasteiger partial charge in [-0.25, -0.2) is 4.39 Å². The van der Waals surface area contributed by atoms with Gasteiger partial charge in [0.15, 0.2) is 0 Å². The molecule has 0 fully saturated rings. The van der Waals surface area contributed by atoms with Gasteiger partial charge < -0.3 is 15.8 Å². The predicted molar refractivity (Wildman–Crippen MR) is 50.6 cm³/mol. The van der Waals surface area contributed by atoms with Gasteiger partial charge in [0, 0.05) is 5.39 Å². The Bertz CT molecular complexity index is 558. The van der Waals surface area contributed by atoms with Crippen molar-refractivity contribution in [3.63, 3.8) is 0 Å². The molecule has 6 nitrogen and oxygen atoms in total. The smallest absolute Gasteiger partial charge is 0.391 e. The number of nitro groups is 1. The number of fused-ring (bicyclic) bond motifs is 1. The summed E-state index contributed by atoms with van der Waals surface area (Å²) in [4.78, 5) is 9.72. The molecule has 2 N–H and O–H groups in total. The highest BCUT2D eigenvalue weighted by Crippen LogP contribution is 2.26. The molecule has 1 heterocycles. The lowest BCUT2D eigenvalue weighted by atomic mass is 10.2. The third-order valence-corrected chi connectivity index (χ3v) is 1.92. The highest BCUT2D eigenvalue weighted by molar-refractivity contribution is 5.92. The van der Waals surface area contributed by atoms with Gasteiger partial charge in [0.05, 0.1) is 5.10 Å². The van der Waals surface area contributed by atoms with Crippen molar-refractivity contribution in [2.24, 2.45) is 0 Å². The van der Waals surface area contributed by atoms with Crippen LogP contribution in [0.2, 0.25) is 0 Å². The summed E-state index contributed by atoms with van der Waals surface area (Å²) in [6.45, 7) is 0. The van der Waals surface area contributed by atoms with Crippen LogP contribution in [0.15, 0.2) is 18.2 Å². The topological polar surface area (TPSA) is 94.9 Å². The van der Waals surface area contributed by atoms with Gasteiger partial charge in [-0.05, 0) is 28.2 Å². The van der Waals surface area contributed by atoms with Gasteiger partial charge in [0.2, 0.25) is 0 Å². The van der Waals surface area contributed by atoms with Gasteiger partial charge >= 0.3 is 5.82 Å². The van der Waals surface area contributed by atoms with Gasteiger partial charge in [-0.1, -0.05) is 0 Å². The van der Waals surface area contributed by atoms with Crippen molar-refractivity contribution >= 4 is 22.4 Å². The second kappa shape index (κ2) is 3.12. The fourth-order valence-corrected chi connectivity index (χ4v) is 1.22. The van der Waals surface area contributed by atoms with Crippen LogP contribution in [0.25, 0.3) is 10.9 Å². The standard InChI is InChI=1S/C8H5FN4O2/c9-4-1-2-6-5(3-4)7(10)8(12-11-6)13(14)15/h1-3H,(H2,10,11). The lowest BCUT2D eigenvalue weighted by Gasteiger charge is -1.99. The Balaban J connectivity index is 2.82. The lowest BCUT2D eigenvalue weighted by Crippen LogP contribution is -2.01. The molecule has 0 aliphatic heterocycles. The molecule has 1 aromatic heterocycles. The molecular weight excluding hydrogens is 203 g/mol. The monoisotopic (exact) mass is 208 g/mol. The van der Waals surface area contributed by atoms with Crippen molar-refractivity contribution in [2.45, 2.75) is 0 Å². The molecule has 0 atom stereocenters. The minimum absolute atomic E-state index is 0.176. The van der Waals surface area contributed by atoms with Gasteiger partial charge in [-0.3, -0.25) is 0 Å². The zero-order valence-electron chi connectivity index (χ0n) is 7.35. The molecule has 0 spiro atoms. The first kappa shape index (κ1) is 9.25. The molecule has 0 aliphatic rings. The van der Waals surface area contributed by atoms with Gasteiger partial charge in [-0.15, -0.1) is 0 Å². The number of benzene rings is 1. The molecule has 15 heavy (non-hydrogen) atoms. The maximum Gasteiger partial charge on any atom is 0.414 e. The van der Waals surface area contributed by atoms with Crippen LogP contribution >= 0.6 is 0 Å². The number of anilines is 1. The fourth-order valence-electron chi connectivity index (χ4n) is 1.22. The van der Waals surface area contributed by atoms with E-state index in [1.54, 1.807) is 0 Å². The Morgan fingerprint density at radius 1 is 1.40 bits per heavy atom. The molecule has 0 aliphatic carbocycles. The van der Waals surface area contributed by atoms with Crippen molar-refractivity contribution in [1.82, 2.24) is 10.2 Å². The summed E-state index contributed by atoms with van der Waals surface area (Å²) in [5, 5.41) is 17.6. The third-order valence-electron chi connectivity index (χ3n) is 1.92. The average molecular weight is 208 g/mol. The number of nitrogens with zero attached hydrogens (tertiary/aromatic N) is 3. The average Bonchev–Trinajstić information content (AvgIpc) is 2.19. The van der Waals surface area contributed by atoms with Gasteiger partial charge in [-0.2, -0.15) is 0 Å². The summed E-state index contributed by atoms with van der Waals surface area (Å²) < 4.78 is 12.9. The minimum Gasteiger partial charge on any atom is -0.391 e. The highest BCUT2D eigenvalue weighted by atomic mass is 19.1. The zero-order valence-corrected chi connectivity index (χ0v) is 7.35. The predicted octanol–water partition coefficient (Wildman–Crippen LogP) is 1.26. The second-order valence-electron chi connectivity index (χ2n) is 2.86. The molecule has 0 radical (unpaired) electrons. The number of halogens is 1. The van der Waals surface area contributed by atoms with Crippen LogP contribution in [0.1, 0.15) is 0 Å². The number of nitrogens with two attached hydrogens (primary N) is 1. The molecular formula is C8H5FN4O2. The Hall–Kier alpha value is -2.31. The van der Waals surface area contributed by atoms with E-state index in [4.69, 9.17) is 5.73 Å². The molecule has 0 saturated carbocycles. The SMILES string of the molecule is Nc1c([N+](=O)[O-])nnc2ccc(F)cc12. The van der Waals surface area contributed by atoms with Crippen molar-refractivity contribution in [1.29, 1.82) is 0 Å². The largest absolute Gasteiger partial charge is 0.414 e. The summed E-state index contributed by atoms with van der Waals surface area (Å²) in [7, 11) is 0. The number of hydrogen-bond acceptors (Lipinski definition) is 5. The van der Waals surface area contributed by atoms with E-state index in [9.17, 15) is 14.5 Å². The van der Waals surface area contributed by atoms with Crippen molar-refractivity contribution in [3.05, 3.63) is 34.1 Å². The van der Waals surface area contributed by atoms with Crippen LogP contribution in [0.5, 0.6) is 0 Å². The van der Waals surface area contributed by atoms with Crippen LogP contribution in [-0.2, 0) is 0 Å². The Morgan fingerprint density at radius 2 is 2.13 bits per heavy atom. The molecule has 1 aromatic carbocycles. The van der Waals surface area contributed by atoms with E-state index >= 15 is 0 Å². The molecule has 0 unspecified atom stereocenters. The fraction of sp³-hybridized carbons (Fsp3) is 0. The van der Waals surface area contributed by atoms with E-state index in [-0.39, 0.29) is 11.1 Å². The molecule has 0 bridgehead atoms.